The van der Waals surface area contributed by atoms with Crippen LogP contribution in [-0.4, -0.2) is 6.54 Å². The average Bonchev–Trinajstić information content (AvgIpc) is 2.53. The molecule has 0 saturated heterocycles. The summed E-state index contributed by atoms with van der Waals surface area (Å²) in [6.07, 6.45) is 0.832. The van der Waals surface area contributed by atoms with Gasteiger partial charge in [0.2, 0.25) is 0 Å². The zero-order valence-electron chi connectivity index (χ0n) is 8.98. The number of fused-ring (bicyclic) bond motifs is 1. The molecule has 1 aromatic rings. The molecule has 0 fully saturated rings. The molecule has 0 bridgehead atoms. The van der Waals surface area contributed by atoms with Crippen LogP contribution in [0.4, 0.5) is 4.39 Å². The topological polar surface area (TPSA) is 12.0 Å². The third kappa shape index (κ3) is 1.83. The van der Waals surface area contributed by atoms with Gasteiger partial charge in [0.05, 0.1) is 0 Å². The van der Waals surface area contributed by atoms with Crippen LogP contribution < -0.4 is 5.32 Å². The minimum absolute atomic E-state index is 0.0690. The normalized spacial score (nSPS) is 24.3. The minimum atomic E-state index is -0.0690. The molecule has 1 aliphatic carbocycles. The first-order chi connectivity index (χ1) is 7.15. The Kier molecular flexibility index (Phi) is 3.12. The minimum Gasteiger partial charge on any atom is -0.310 e. The molecule has 0 heterocycles. The van der Waals surface area contributed by atoms with Gasteiger partial charge in [-0.2, -0.15) is 0 Å². The van der Waals surface area contributed by atoms with Gasteiger partial charge in [0.15, 0.2) is 0 Å². The van der Waals surface area contributed by atoms with E-state index in [0.717, 1.165) is 28.6 Å². The lowest BCUT2D eigenvalue weighted by atomic mass is 10.0. The van der Waals surface area contributed by atoms with E-state index in [4.69, 9.17) is 0 Å². The smallest absolute Gasteiger partial charge is 0.126 e. The summed E-state index contributed by atoms with van der Waals surface area (Å²) in [6.45, 7) is 5.16. The number of nitrogens with one attached hydrogen (secondary N) is 1. The highest BCUT2D eigenvalue weighted by Crippen LogP contribution is 2.41. The quantitative estimate of drug-likeness (QED) is 0.869. The van der Waals surface area contributed by atoms with E-state index in [0.29, 0.717) is 5.92 Å². The maximum atomic E-state index is 13.6. The van der Waals surface area contributed by atoms with Crippen molar-refractivity contribution < 1.29 is 4.39 Å². The maximum absolute atomic E-state index is 13.6. The van der Waals surface area contributed by atoms with E-state index in [1.807, 2.05) is 0 Å². The Hall–Kier alpha value is -0.410. The van der Waals surface area contributed by atoms with Crippen molar-refractivity contribution in [3.8, 4) is 0 Å². The number of halogens is 2. The Labute approximate surface area is 98.2 Å². The molecule has 0 saturated carbocycles. The maximum Gasteiger partial charge on any atom is 0.126 e. The lowest BCUT2D eigenvalue weighted by molar-refractivity contribution is 0.424. The molecular formula is C12H15BrFN. The van der Waals surface area contributed by atoms with Crippen molar-refractivity contribution in [3.63, 3.8) is 0 Å². The monoisotopic (exact) mass is 271 g/mol. The Bertz CT molecular complexity index is 378. The average molecular weight is 272 g/mol. The molecule has 0 amide bonds. The van der Waals surface area contributed by atoms with Gasteiger partial charge in [-0.15, -0.1) is 0 Å². The van der Waals surface area contributed by atoms with E-state index in [1.165, 1.54) is 0 Å². The first-order valence-electron chi connectivity index (χ1n) is 5.35. The van der Waals surface area contributed by atoms with Crippen molar-refractivity contribution >= 4 is 15.9 Å². The molecule has 0 aromatic heterocycles. The molecule has 15 heavy (non-hydrogen) atoms. The van der Waals surface area contributed by atoms with Crippen molar-refractivity contribution in [2.24, 2.45) is 5.92 Å². The SMILES string of the molecule is CCNC1c2c(Br)ccc(F)c2CC1C. The molecule has 3 heteroatoms. The molecule has 0 radical (unpaired) electrons. The van der Waals surface area contributed by atoms with E-state index in [9.17, 15) is 4.39 Å². The van der Waals surface area contributed by atoms with Crippen LogP contribution in [0.5, 0.6) is 0 Å². The van der Waals surface area contributed by atoms with Gasteiger partial charge in [0.25, 0.3) is 0 Å². The Balaban J connectivity index is 2.47. The molecule has 1 aliphatic rings. The van der Waals surface area contributed by atoms with Gasteiger partial charge in [-0.3, -0.25) is 0 Å². The summed E-state index contributed by atoms with van der Waals surface area (Å²) in [5.41, 5.74) is 1.99. The molecule has 2 rings (SSSR count). The van der Waals surface area contributed by atoms with Crippen LogP contribution in [0.3, 0.4) is 0 Å². The molecule has 0 aliphatic heterocycles. The fourth-order valence-corrected chi connectivity index (χ4v) is 3.02. The Morgan fingerprint density at radius 1 is 1.53 bits per heavy atom. The predicted octanol–water partition coefficient (Wildman–Crippen LogP) is 3.43. The largest absolute Gasteiger partial charge is 0.310 e. The lowest BCUT2D eigenvalue weighted by Crippen LogP contribution is -2.23. The van der Waals surface area contributed by atoms with E-state index in [2.05, 4.69) is 35.1 Å². The van der Waals surface area contributed by atoms with Gasteiger partial charge in [-0.1, -0.05) is 29.8 Å². The van der Waals surface area contributed by atoms with Gasteiger partial charge < -0.3 is 5.32 Å². The van der Waals surface area contributed by atoms with Gasteiger partial charge in [0, 0.05) is 10.5 Å². The second-order valence-electron chi connectivity index (χ2n) is 4.14. The standard InChI is InChI=1S/C12H15BrFN/c1-3-15-12-7(2)6-8-10(14)5-4-9(13)11(8)12/h4-5,7,12,15H,3,6H2,1-2H3. The van der Waals surface area contributed by atoms with Crippen LogP contribution >= 0.6 is 15.9 Å². The predicted molar refractivity (Wildman–Crippen MR) is 63.4 cm³/mol. The van der Waals surface area contributed by atoms with Crippen LogP contribution in [0, 0.1) is 11.7 Å². The molecular weight excluding hydrogens is 257 g/mol. The van der Waals surface area contributed by atoms with Gasteiger partial charge in [-0.25, -0.2) is 4.39 Å². The summed E-state index contributed by atoms with van der Waals surface area (Å²) in [6, 6.07) is 3.63. The fraction of sp³-hybridized carbons (Fsp3) is 0.500. The molecule has 2 unspecified atom stereocenters. The van der Waals surface area contributed by atoms with E-state index in [-0.39, 0.29) is 11.9 Å². The third-order valence-electron chi connectivity index (χ3n) is 3.08. The van der Waals surface area contributed by atoms with Crippen LogP contribution in [0.2, 0.25) is 0 Å². The summed E-state index contributed by atoms with van der Waals surface area (Å²) in [5, 5.41) is 3.42. The van der Waals surface area contributed by atoms with Gasteiger partial charge in [0.1, 0.15) is 5.82 Å². The van der Waals surface area contributed by atoms with Crippen LogP contribution in [0.25, 0.3) is 0 Å². The number of rotatable bonds is 2. The molecule has 0 spiro atoms. The van der Waals surface area contributed by atoms with Crippen molar-refractivity contribution in [2.75, 3.05) is 6.54 Å². The van der Waals surface area contributed by atoms with Crippen molar-refractivity contribution in [1.29, 1.82) is 0 Å². The van der Waals surface area contributed by atoms with Gasteiger partial charge >= 0.3 is 0 Å². The van der Waals surface area contributed by atoms with Crippen LogP contribution in [0.1, 0.15) is 31.0 Å². The first-order valence-corrected chi connectivity index (χ1v) is 6.14. The van der Waals surface area contributed by atoms with Crippen LogP contribution in [-0.2, 0) is 6.42 Å². The molecule has 2 atom stereocenters. The van der Waals surface area contributed by atoms with E-state index in [1.54, 1.807) is 12.1 Å². The zero-order chi connectivity index (χ0) is 11.0. The van der Waals surface area contributed by atoms with E-state index < -0.39 is 0 Å². The van der Waals surface area contributed by atoms with Gasteiger partial charge in [-0.05, 0) is 42.1 Å². The second kappa shape index (κ2) is 4.22. The molecule has 82 valence electrons. The summed E-state index contributed by atoms with van der Waals surface area (Å²) in [4.78, 5) is 0. The highest BCUT2D eigenvalue weighted by Gasteiger charge is 2.32. The number of hydrogen-bond donors (Lipinski definition) is 1. The van der Waals surface area contributed by atoms with Crippen LogP contribution in [0.15, 0.2) is 16.6 Å². The lowest BCUT2D eigenvalue weighted by Gasteiger charge is -2.18. The third-order valence-corrected chi connectivity index (χ3v) is 3.77. The summed E-state index contributed by atoms with van der Waals surface area (Å²) in [7, 11) is 0. The molecule has 1 aromatic carbocycles. The van der Waals surface area contributed by atoms with E-state index >= 15 is 0 Å². The highest BCUT2D eigenvalue weighted by atomic mass is 79.9. The fourth-order valence-electron chi connectivity index (χ4n) is 2.40. The summed E-state index contributed by atoms with van der Waals surface area (Å²) in [5.74, 6) is 0.397. The van der Waals surface area contributed by atoms with Crippen molar-refractivity contribution in [2.45, 2.75) is 26.3 Å². The Morgan fingerprint density at radius 3 is 2.93 bits per heavy atom. The first kappa shape index (κ1) is 11.1. The van der Waals surface area contributed by atoms with Crippen molar-refractivity contribution in [1.82, 2.24) is 5.32 Å². The molecule has 1 nitrogen and oxygen atoms in total. The summed E-state index contributed by atoms with van der Waals surface area (Å²) >= 11 is 3.51. The number of benzene rings is 1. The number of hydrogen-bond acceptors (Lipinski definition) is 1. The Morgan fingerprint density at radius 2 is 2.27 bits per heavy atom. The highest BCUT2D eigenvalue weighted by molar-refractivity contribution is 9.10. The van der Waals surface area contributed by atoms with Crippen molar-refractivity contribution in [3.05, 3.63) is 33.5 Å². The molecule has 1 N–H and O–H groups in total. The summed E-state index contributed by atoms with van der Waals surface area (Å²) < 4.78 is 14.6. The zero-order valence-corrected chi connectivity index (χ0v) is 10.6. The second-order valence-corrected chi connectivity index (χ2v) is 4.99.